The first-order valence-electron chi connectivity index (χ1n) is 5.30. The Labute approximate surface area is 89.9 Å². The van der Waals surface area contributed by atoms with Crippen molar-refractivity contribution in [2.45, 2.75) is 25.0 Å². The number of aliphatic hydroxyl groups excluding tert-OH is 1. The molecule has 1 aromatic rings. The van der Waals surface area contributed by atoms with Gasteiger partial charge in [0.15, 0.2) is 0 Å². The largest absolute Gasteiger partial charge is 0.497 e. The van der Waals surface area contributed by atoms with Gasteiger partial charge in [0.2, 0.25) is 0 Å². The third-order valence-electron chi connectivity index (χ3n) is 2.95. The highest BCUT2D eigenvalue weighted by Crippen LogP contribution is 2.37. The molecule has 0 bridgehead atoms. The lowest BCUT2D eigenvalue weighted by Crippen LogP contribution is -2.27. The molecule has 1 fully saturated rings. The van der Waals surface area contributed by atoms with Gasteiger partial charge < -0.3 is 15.6 Å². The van der Waals surface area contributed by atoms with E-state index in [1.165, 1.54) is 0 Å². The molecule has 0 aromatic heterocycles. The van der Waals surface area contributed by atoms with Crippen molar-refractivity contribution in [1.82, 2.24) is 0 Å². The minimum absolute atomic E-state index is 0.299. The summed E-state index contributed by atoms with van der Waals surface area (Å²) >= 11 is 0. The van der Waals surface area contributed by atoms with E-state index < -0.39 is 6.10 Å². The van der Waals surface area contributed by atoms with Gasteiger partial charge in [0.05, 0.1) is 19.3 Å². The zero-order valence-corrected chi connectivity index (χ0v) is 8.89. The number of rotatable bonds is 4. The maximum absolute atomic E-state index is 9.91. The molecule has 15 heavy (non-hydrogen) atoms. The molecule has 0 heterocycles. The molecule has 2 atom stereocenters. The van der Waals surface area contributed by atoms with Crippen LogP contribution < -0.4 is 10.5 Å². The van der Waals surface area contributed by atoms with E-state index in [4.69, 9.17) is 10.5 Å². The Balaban J connectivity index is 2.12. The molecule has 1 aliphatic rings. The molecule has 0 aliphatic heterocycles. The lowest BCUT2D eigenvalue weighted by Gasteiger charge is -2.19. The maximum atomic E-state index is 9.91. The molecule has 82 valence electrons. The minimum Gasteiger partial charge on any atom is -0.497 e. The first-order valence-corrected chi connectivity index (χ1v) is 5.30. The van der Waals surface area contributed by atoms with Crippen molar-refractivity contribution in [2.75, 3.05) is 7.11 Å². The second-order valence-electron chi connectivity index (χ2n) is 4.13. The number of hydrogen-bond donors (Lipinski definition) is 2. The van der Waals surface area contributed by atoms with Crippen LogP contribution in [0, 0.1) is 5.92 Å². The van der Waals surface area contributed by atoms with Crippen LogP contribution in [0.3, 0.4) is 0 Å². The first-order chi connectivity index (χ1) is 7.22. The monoisotopic (exact) mass is 207 g/mol. The molecule has 0 saturated heterocycles. The summed E-state index contributed by atoms with van der Waals surface area (Å²) in [7, 11) is 1.63. The van der Waals surface area contributed by atoms with Crippen molar-refractivity contribution in [3.63, 3.8) is 0 Å². The summed E-state index contributed by atoms with van der Waals surface area (Å²) in [5.74, 6) is 1.18. The minimum atomic E-state index is -0.419. The van der Waals surface area contributed by atoms with Gasteiger partial charge in [-0.05, 0) is 36.5 Å². The molecule has 1 aromatic carbocycles. The molecule has 3 heteroatoms. The summed E-state index contributed by atoms with van der Waals surface area (Å²) < 4.78 is 5.12. The lowest BCUT2D eigenvalue weighted by atomic mass is 9.99. The van der Waals surface area contributed by atoms with Gasteiger partial charge in [-0.1, -0.05) is 12.1 Å². The molecule has 1 saturated carbocycles. The number of nitrogens with two attached hydrogens (primary N) is 1. The Hall–Kier alpha value is -1.06. The highest BCUT2D eigenvalue weighted by molar-refractivity contribution is 5.31. The zero-order chi connectivity index (χ0) is 10.8. The molecule has 2 rings (SSSR count). The van der Waals surface area contributed by atoms with E-state index in [1.807, 2.05) is 24.3 Å². The standard InChI is InChI=1S/C12H17NO2/c1-15-10-4-2-3-9(7-10)11(13)12(14)8-5-6-8/h2-4,7-8,11-12,14H,5-6,13H2,1H3/t11-,12+/m1/s1. The molecule has 3 N–H and O–H groups in total. The average Bonchev–Trinajstić information content (AvgIpc) is 3.11. The van der Waals surface area contributed by atoms with Crippen LogP contribution >= 0.6 is 0 Å². The summed E-state index contributed by atoms with van der Waals surface area (Å²) in [5.41, 5.74) is 6.94. The van der Waals surface area contributed by atoms with Gasteiger partial charge in [-0.2, -0.15) is 0 Å². The van der Waals surface area contributed by atoms with E-state index in [2.05, 4.69) is 0 Å². The Morgan fingerprint density at radius 3 is 2.80 bits per heavy atom. The molecule has 0 unspecified atom stereocenters. The van der Waals surface area contributed by atoms with Crippen LogP contribution in [0.5, 0.6) is 5.75 Å². The van der Waals surface area contributed by atoms with Gasteiger partial charge in [0.25, 0.3) is 0 Å². The van der Waals surface area contributed by atoms with Crippen LogP contribution in [0.15, 0.2) is 24.3 Å². The smallest absolute Gasteiger partial charge is 0.119 e. The number of methoxy groups -OCH3 is 1. The SMILES string of the molecule is COc1cccc([C@@H](N)[C@@H](O)C2CC2)c1. The Morgan fingerprint density at radius 1 is 1.47 bits per heavy atom. The molecule has 0 amide bonds. The van der Waals surface area contributed by atoms with E-state index in [0.29, 0.717) is 5.92 Å². The molecule has 3 nitrogen and oxygen atoms in total. The quantitative estimate of drug-likeness (QED) is 0.786. The average molecular weight is 207 g/mol. The van der Waals surface area contributed by atoms with Gasteiger partial charge in [0, 0.05) is 0 Å². The highest BCUT2D eigenvalue weighted by atomic mass is 16.5. The fourth-order valence-electron chi connectivity index (χ4n) is 1.78. The third-order valence-corrected chi connectivity index (χ3v) is 2.95. The first kappa shape index (κ1) is 10.5. The predicted molar refractivity (Wildman–Crippen MR) is 58.7 cm³/mol. The fourth-order valence-corrected chi connectivity index (χ4v) is 1.78. The normalized spacial score (nSPS) is 19.7. The van der Waals surface area contributed by atoms with Crippen molar-refractivity contribution >= 4 is 0 Å². The van der Waals surface area contributed by atoms with Crippen molar-refractivity contribution < 1.29 is 9.84 Å². The van der Waals surface area contributed by atoms with Crippen LogP contribution in [-0.2, 0) is 0 Å². The van der Waals surface area contributed by atoms with Gasteiger partial charge in [0.1, 0.15) is 5.75 Å². The van der Waals surface area contributed by atoms with Crippen molar-refractivity contribution in [1.29, 1.82) is 0 Å². The van der Waals surface area contributed by atoms with E-state index in [-0.39, 0.29) is 6.04 Å². The predicted octanol–water partition coefficient (Wildman–Crippen LogP) is 1.47. The molecular formula is C12H17NO2. The maximum Gasteiger partial charge on any atom is 0.119 e. The second-order valence-corrected chi connectivity index (χ2v) is 4.13. The third kappa shape index (κ3) is 2.30. The van der Waals surface area contributed by atoms with Crippen LogP contribution in [-0.4, -0.2) is 18.3 Å². The van der Waals surface area contributed by atoms with Gasteiger partial charge in [-0.25, -0.2) is 0 Å². The van der Waals surface area contributed by atoms with Crippen LogP contribution in [0.2, 0.25) is 0 Å². The van der Waals surface area contributed by atoms with Crippen molar-refractivity contribution in [2.24, 2.45) is 11.7 Å². The molecular weight excluding hydrogens is 190 g/mol. The Morgan fingerprint density at radius 2 is 2.20 bits per heavy atom. The number of ether oxygens (including phenoxy) is 1. The summed E-state index contributed by atoms with van der Waals surface area (Å²) in [6, 6.07) is 7.29. The zero-order valence-electron chi connectivity index (χ0n) is 8.89. The van der Waals surface area contributed by atoms with E-state index in [0.717, 1.165) is 24.2 Å². The van der Waals surface area contributed by atoms with Crippen LogP contribution in [0.1, 0.15) is 24.4 Å². The van der Waals surface area contributed by atoms with Crippen LogP contribution in [0.25, 0.3) is 0 Å². The summed E-state index contributed by atoms with van der Waals surface area (Å²) in [5, 5.41) is 9.91. The van der Waals surface area contributed by atoms with E-state index in [1.54, 1.807) is 7.11 Å². The topological polar surface area (TPSA) is 55.5 Å². The number of aliphatic hydroxyl groups is 1. The molecule has 0 radical (unpaired) electrons. The van der Waals surface area contributed by atoms with Crippen molar-refractivity contribution in [3.05, 3.63) is 29.8 Å². The summed E-state index contributed by atoms with van der Waals surface area (Å²) in [6.45, 7) is 0. The summed E-state index contributed by atoms with van der Waals surface area (Å²) in [4.78, 5) is 0. The van der Waals surface area contributed by atoms with Crippen LogP contribution in [0.4, 0.5) is 0 Å². The van der Waals surface area contributed by atoms with Gasteiger partial charge in [-0.15, -0.1) is 0 Å². The molecule has 0 spiro atoms. The summed E-state index contributed by atoms with van der Waals surface area (Å²) in [6.07, 6.45) is 1.77. The van der Waals surface area contributed by atoms with E-state index >= 15 is 0 Å². The lowest BCUT2D eigenvalue weighted by molar-refractivity contribution is 0.122. The molecule has 1 aliphatic carbocycles. The van der Waals surface area contributed by atoms with Crippen molar-refractivity contribution in [3.8, 4) is 5.75 Å². The second kappa shape index (κ2) is 4.21. The fraction of sp³-hybridized carbons (Fsp3) is 0.500. The number of benzene rings is 1. The Kier molecular flexibility index (Phi) is 2.93. The van der Waals surface area contributed by atoms with E-state index in [9.17, 15) is 5.11 Å². The number of hydrogen-bond acceptors (Lipinski definition) is 3. The van der Waals surface area contributed by atoms with Gasteiger partial charge in [-0.3, -0.25) is 0 Å². The Bertz CT molecular complexity index is 336. The highest BCUT2D eigenvalue weighted by Gasteiger charge is 2.34. The van der Waals surface area contributed by atoms with Gasteiger partial charge >= 0.3 is 0 Å².